The predicted octanol–water partition coefficient (Wildman–Crippen LogP) is 2.71. The average Bonchev–Trinajstić information content (AvgIpc) is 2.66. The number of methoxy groups -OCH3 is 1. The van der Waals surface area contributed by atoms with Crippen LogP contribution in [0.3, 0.4) is 0 Å². The number of aryl methyl sites for hydroxylation is 1. The van der Waals surface area contributed by atoms with Crippen molar-refractivity contribution < 1.29 is 9.47 Å². The SMILES string of the molecule is COc1cc(C=Nc2c(C)[nH]c(=O)[nH]c2=O)ccc1OCc1ccccc1. The first-order valence-electron chi connectivity index (χ1n) is 8.29. The molecule has 2 aromatic carbocycles. The van der Waals surface area contributed by atoms with Gasteiger partial charge in [-0.25, -0.2) is 9.79 Å². The van der Waals surface area contributed by atoms with Crippen LogP contribution < -0.4 is 20.7 Å². The van der Waals surface area contributed by atoms with Gasteiger partial charge in [0.1, 0.15) is 12.3 Å². The zero-order valence-electron chi connectivity index (χ0n) is 15.0. The van der Waals surface area contributed by atoms with Crippen molar-refractivity contribution in [3.8, 4) is 11.5 Å². The number of H-pyrrole nitrogens is 2. The maximum absolute atomic E-state index is 11.8. The van der Waals surface area contributed by atoms with Crippen molar-refractivity contribution in [2.24, 2.45) is 4.99 Å². The van der Waals surface area contributed by atoms with Crippen molar-refractivity contribution in [2.75, 3.05) is 7.11 Å². The van der Waals surface area contributed by atoms with E-state index in [2.05, 4.69) is 15.0 Å². The average molecular weight is 365 g/mol. The molecule has 0 aliphatic rings. The third-order valence-corrected chi connectivity index (χ3v) is 3.87. The van der Waals surface area contributed by atoms with Crippen LogP contribution in [0.4, 0.5) is 5.69 Å². The molecule has 0 radical (unpaired) electrons. The molecule has 0 spiro atoms. The van der Waals surface area contributed by atoms with Gasteiger partial charge in [0, 0.05) is 11.9 Å². The Balaban J connectivity index is 1.80. The fourth-order valence-electron chi connectivity index (χ4n) is 2.51. The number of hydrogen-bond donors (Lipinski definition) is 2. The summed E-state index contributed by atoms with van der Waals surface area (Å²) in [4.78, 5) is 31.9. The summed E-state index contributed by atoms with van der Waals surface area (Å²) in [5.74, 6) is 1.17. The van der Waals surface area contributed by atoms with Crippen LogP contribution in [0.15, 0.2) is 63.1 Å². The Morgan fingerprint density at radius 3 is 2.52 bits per heavy atom. The number of aliphatic imine (C=N–C) groups is 1. The molecule has 1 aromatic heterocycles. The Bertz CT molecular complexity index is 1070. The van der Waals surface area contributed by atoms with Crippen LogP contribution >= 0.6 is 0 Å². The molecule has 7 nitrogen and oxygen atoms in total. The van der Waals surface area contributed by atoms with Crippen molar-refractivity contribution in [1.29, 1.82) is 0 Å². The highest BCUT2D eigenvalue weighted by Gasteiger charge is 2.07. The van der Waals surface area contributed by atoms with Gasteiger partial charge in [0.15, 0.2) is 11.5 Å². The minimum absolute atomic E-state index is 0.151. The van der Waals surface area contributed by atoms with E-state index in [0.717, 1.165) is 11.1 Å². The van der Waals surface area contributed by atoms with E-state index < -0.39 is 11.2 Å². The maximum Gasteiger partial charge on any atom is 0.326 e. The molecule has 138 valence electrons. The second-order valence-electron chi connectivity index (χ2n) is 5.82. The minimum atomic E-state index is -0.557. The number of ether oxygens (including phenoxy) is 2. The van der Waals surface area contributed by atoms with Crippen LogP contribution in [-0.2, 0) is 6.61 Å². The van der Waals surface area contributed by atoms with Crippen molar-refractivity contribution >= 4 is 11.9 Å². The van der Waals surface area contributed by atoms with Gasteiger partial charge in [0.2, 0.25) is 0 Å². The molecule has 0 saturated heterocycles. The lowest BCUT2D eigenvalue weighted by atomic mass is 10.2. The fraction of sp³-hybridized carbons (Fsp3) is 0.150. The molecule has 27 heavy (non-hydrogen) atoms. The van der Waals surface area contributed by atoms with E-state index in [1.807, 2.05) is 36.4 Å². The van der Waals surface area contributed by atoms with E-state index >= 15 is 0 Å². The molecule has 2 N–H and O–H groups in total. The molecule has 0 aliphatic carbocycles. The molecule has 0 amide bonds. The van der Waals surface area contributed by atoms with Crippen LogP contribution in [0.5, 0.6) is 11.5 Å². The van der Waals surface area contributed by atoms with E-state index in [-0.39, 0.29) is 5.69 Å². The lowest BCUT2D eigenvalue weighted by molar-refractivity contribution is 0.284. The number of hydrogen-bond acceptors (Lipinski definition) is 5. The molecule has 7 heteroatoms. The highest BCUT2D eigenvalue weighted by molar-refractivity contribution is 5.83. The van der Waals surface area contributed by atoms with Gasteiger partial charge < -0.3 is 14.5 Å². The van der Waals surface area contributed by atoms with Gasteiger partial charge in [-0.2, -0.15) is 0 Å². The third kappa shape index (κ3) is 4.52. The number of benzene rings is 2. The number of aromatic nitrogens is 2. The van der Waals surface area contributed by atoms with Gasteiger partial charge in [-0.3, -0.25) is 9.78 Å². The smallest absolute Gasteiger partial charge is 0.326 e. The molecule has 0 atom stereocenters. The highest BCUT2D eigenvalue weighted by atomic mass is 16.5. The summed E-state index contributed by atoms with van der Waals surface area (Å²) in [6.45, 7) is 2.04. The maximum atomic E-state index is 11.8. The molecule has 0 unspecified atom stereocenters. The van der Waals surface area contributed by atoms with Crippen molar-refractivity contribution in [1.82, 2.24) is 9.97 Å². The third-order valence-electron chi connectivity index (χ3n) is 3.87. The summed E-state index contributed by atoms with van der Waals surface area (Å²) in [5, 5.41) is 0. The monoisotopic (exact) mass is 365 g/mol. The summed E-state index contributed by atoms with van der Waals surface area (Å²) >= 11 is 0. The Morgan fingerprint density at radius 1 is 1.04 bits per heavy atom. The number of rotatable bonds is 6. The molecule has 3 rings (SSSR count). The van der Waals surface area contributed by atoms with Gasteiger partial charge in [0.25, 0.3) is 5.56 Å². The Kier molecular flexibility index (Phi) is 5.51. The van der Waals surface area contributed by atoms with Gasteiger partial charge in [0.05, 0.1) is 7.11 Å². The summed E-state index contributed by atoms with van der Waals surface area (Å²) in [6.07, 6.45) is 1.53. The first-order valence-corrected chi connectivity index (χ1v) is 8.29. The van der Waals surface area contributed by atoms with E-state index in [1.165, 1.54) is 6.21 Å². The molecule has 1 heterocycles. The minimum Gasteiger partial charge on any atom is -0.493 e. The van der Waals surface area contributed by atoms with Gasteiger partial charge in [-0.05, 0) is 36.2 Å². The standard InChI is InChI=1S/C20H19N3O4/c1-13-18(19(24)23-20(25)22-13)21-11-15-8-9-16(17(10-15)26-2)27-12-14-6-4-3-5-7-14/h3-11H,12H2,1-2H3,(H2,22,23,24,25). The summed E-state index contributed by atoms with van der Waals surface area (Å²) in [7, 11) is 1.56. The van der Waals surface area contributed by atoms with Crippen molar-refractivity contribution in [3.63, 3.8) is 0 Å². The first kappa shape index (κ1) is 18.2. The van der Waals surface area contributed by atoms with Crippen LogP contribution in [0.25, 0.3) is 0 Å². The molecule has 0 bridgehead atoms. The Morgan fingerprint density at radius 2 is 1.81 bits per heavy atom. The zero-order valence-corrected chi connectivity index (χ0v) is 15.0. The van der Waals surface area contributed by atoms with E-state index in [0.29, 0.717) is 23.8 Å². The zero-order chi connectivity index (χ0) is 19.2. The normalized spacial score (nSPS) is 10.9. The van der Waals surface area contributed by atoms with E-state index in [1.54, 1.807) is 26.2 Å². The molecule has 0 saturated carbocycles. The highest BCUT2D eigenvalue weighted by Crippen LogP contribution is 2.28. The van der Waals surface area contributed by atoms with Gasteiger partial charge in [-0.1, -0.05) is 30.3 Å². The molecule has 0 fully saturated rings. The second kappa shape index (κ2) is 8.18. The van der Waals surface area contributed by atoms with Crippen molar-refractivity contribution in [3.05, 3.63) is 86.2 Å². The van der Waals surface area contributed by atoms with E-state index in [4.69, 9.17) is 9.47 Å². The molecular formula is C20H19N3O4. The Hall–Kier alpha value is -3.61. The predicted molar refractivity (Wildman–Crippen MR) is 103 cm³/mol. The summed E-state index contributed by atoms with van der Waals surface area (Å²) in [5.41, 5.74) is 1.23. The van der Waals surface area contributed by atoms with Crippen molar-refractivity contribution in [2.45, 2.75) is 13.5 Å². The van der Waals surface area contributed by atoms with Crippen LogP contribution in [0, 0.1) is 6.92 Å². The molecular weight excluding hydrogens is 346 g/mol. The largest absolute Gasteiger partial charge is 0.493 e. The van der Waals surface area contributed by atoms with E-state index in [9.17, 15) is 9.59 Å². The molecule has 3 aromatic rings. The number of nitrogens with one attached hydrogen (secondary N) is 2. The Labute approximate surface area is 155 Å². The van der Waals surface area contributed by atoms with Gasteiger partial charge >= 0.3 is 5.69 Å². The quantitative estimate of drug-likeness (QED) is 0.657. The lowest BCUT2D eigenvalue weighted by Crippen LogP contribution is -2.22. The summed E-state index contributed by atoms with van der Waals surface area (Å²) < 4.78 is 11.2. The number of nitrogens with zero attached hydrogens (tertiary/aromatic N) is 1. The van der Waals surface area contributed by atoms with Crippen LogP contribution in [-0.4, -0.2) is 23.3 Å². The number of aromatic amines is 2. The topological polar surface area (TPSA) is 96.5 Å². The second-order valence-corrected chi connectivity index (χ2v) is 5.82. The summed E-state index contributed by atoms with van der Waals surface area (Å²) in [6, 6.07) is 15.2. The lowest BCUT2D eigenvalue weighted by Gasteiger charge is -2.11. The molecule has 0 aliphatic heterocycles. The first-order chi connectivity index (χ1) is 13.1. The van der Waals surface area contributed by atoms with Crippen LogP contribution in [0.1, 0.15) is 16.8 Å². The fourth-order valence-corrected chi connectivity index (χ4v) is 2.51. The van der Waals surface area contributed by atoms with Crippen LogP contribution in [0.2, 0.25) is 0 Å². The van der Waals surface area contributed by atoms with Gasteiger partial charge in [-0.15, -0.1) is 0 Å².